The molecule has 1 rings (SSSR count). The zero-order valence-corrected chi connectivity index (χ0v) is 11.8. The van der Waals surface area contributed by atoms with Crippen molar-refractivity contribution in [2.45, 2.75) is 32.4 Å². The van der Waals surface area contributed by atoms with Gasteiger partial charge in [-0.3, -0.25) is 0 Å². The lowest BCUT2D eigenvalue weighted by atomic mass is 10.2. The van der Waals surface area contributed by atoms with Crippen molar-refractivity contribution in [1.82, 2.24) is 5.32 Å². The van der Waals surface area contributed by atoms with Crippen LogP contribution in [0.4, 0.5) is 0 Å². The maximum absolute atomic E-state index is 9.32. The summed E-state index contributed by atoms with van der Waals surface area (Å²) in [4.78, 5) is 0. The summed E-state index contributed by atoms with van der Waals surface area (Å²) in [6.07, 6.45) is 1.38. The second kappa shape index (κ2) is 6.68. The molecule has 3 nitrogen and oxygen atoms in total. The maximum Gasteiger partial charge on any atom is 0.183 e. The fraction of sp³-hybridized carbons (Fsp3) is 0.600. The third kappa shape index (κ3) is 4.68. The summed E-state index contributed by atoms with van der Waals surface area (Å²) >= 11 is 6.63. The maximum atomic E-state index is 9.32. The Morgan fingerprint density at radius 2 is 2.27 bits per heavy atom. The number of aliphatic hydroxyl groups excluding tert-OH is 1. The fourth-order valence-electron chi connectivity index (χ4n) is 1.16. The van der Waals surface area contributed by atoms with Gasteiger partial charge in [0.25, 0.3) is 0 Å². The van der Waals surface area contributed by atoms with Gasteiger partial charge in [0, 0.05) is 0 Å². The summed E-state index contributed by atoms with van der Waals surface area (Å²) in [6, 6.07) is 1.92. The number of halogens is 2. The zero-order chi connectivity index (χ0) is 11.3. The van der Waals surface area contributed by atoms with Crippen LogP contribution in [-0.4, -0.2) is 17.8 Å². The van der Waals surface area contributed by atoms with Gasteiger partial charge in [-0.05, 0) is 57.3 Å². The van der Waals surface area contributed by atoms with Gasteiger partial charge in [0.05, 0.1) is 17.1 Å². The lowest BCUT2D eigenvalue weighted by molar-refractivity contribution is 0.159. The summed E-state index contributed by atoms with van der Waals surface area (Å²) in [7, 11) is 0. The first kappa shape index (κ1) is 13.2. The van der Waals surface area contributed by atoms with Crippen LogP contribution in [0.25, 0.3) is 0 Å². The monoisotopic (exact) mass is 339 g/mol. The van der Waals surface area contributed by atoms with Crippen molar-refractivity contribution >= 4 is 31.9 Å². The van der Waals surface area contributed by atoms with E-state index in [9.17, 15) is 5.11 Å². The van der Waals surface area contributed by atoms with Gasteiger partial charge in [-0.1, -0.05) is 6.92 Å². The van der Waals surface area contributed by atoms with E-state index < -0.39 is 0 Å². The topological polar surface area (TPSA) is 45.4 Å². The summed E-state index contributed by atoms with van der Waals surface area (Å²) in [5.74, 6) is 0.875. The third-order valence-electron chi connectivity index (χ3n) is 2.12. The standard InChI is InChI=1S/C10H15Br2NO2/c1-2-7(14)3-4-13-6-8-5-9(11)10(12)15-8/h5,7,13-14H,2-4,6H2,1H3. The molecule has 0 saturated carbocycles. The van der Waals surface area contributed by atoms with Gasteiger partial charge in [-0.15, -0.1) is 0 Å². The Balaban J connectivity index is 2.20. The average Bonchev–Trinajstić information content (AvgIpc) is 2.53. The lowest BCUT2D eigenvalue weighted by Gasteiger charge is -2.07. The smallest absolute Gasteiger partial charge is 0.183 e. The van der Waals surface area contributed by atoms with Gasteiger partial charge in [-0.25, -0.2) is 0 Å². The summed E-state index contributed by atoms with van der Waals surface area (Å²) < 4.78 is 7.03. The van der Waals surface area contributed by atoms with E-state index in [0.29, 0.717) is 11.2 Å². The minimum atomic E-state index is -0.201. The first-order valence-electron chi connectivity index (χ1n) is 4.96. The van der Waals surface area contributed by atoms with Gasteiger partial charge >= 0.3 is 0 Å². The Morgan fingerprint density at radius 3 is 2.80 bits per heavy atom. The Bertz CT molecular complexity index is 282. The molecule has 0 aliphatic rings. The highest BCUT2D eigenvalue weighted by Gasteiger charge is 2.05. The number of aliphatic hydroxyl groups is 1. The summed E-state index contributed by atoms with van der Waals surface area (Å²) in [5.41, 5.74) is 0. The van der Waals surface area contributed by atoms with Crippen molar-refractivity contribution in [3.8, 4) is 0 Å². The zero-order valence-electron chi connectivity index (χ0n) is 8.59. The van der Waals surface area contributed by atoms with Gasteiger partial charge in [0.2, 0.25) is 0 Å². The molecule has 15 heavy (non-hydrogen) atoms. The summed E-state index contributed by atoms with van der Waals surface area (Å²) in [5, 5.41) is 12.5. The highest BCUT2D eigenvalue weighted by atomic mass is 79.9. The van der Waals surface area contributed by atoms with E-state index in [1.54, 1.807) is 0 Å². The van der Waals surface area contributed by atoms with Crippen LogP contribution >= 0.6 is 31.9 Å². The molecule has 0 aliphatic carbocycles. The highest BCUT2D eigenvalue weighted by Crippen LogP contribution is 2.26. The van der Waals surface area contributed by atoms with Crippen molar-refractivity contribution in [2.24, 2.45) is 0 Å². The van der Waals surface area contributed by atoms with Crippen LogP contribution in [0, 0.1) is 0 Å². The van der Waals surface area contributed by atoms with E-state index in [1.165, 1.54) is 0 Å². The molecule has 1 aromatic rings. The molecular weight excluding hydrogens is 326 g/mol. The first-order valence-corrected chi connectivity index (χ1v) is 6.54. The molecule has 1 aromatic heterocycles. The molecule has 0 fully saturated rings. The van der Waals surface area contributed by atoms with Crippen molar-refractivity contribution < 1.29 is 9.52 Å². The Hall–Kier alpha value is 0.160. The van der Waals surface area contributed by atoms with Gasteiger partial charge in [0.15, 0.2) is 4.67 Å². The minimum Gasteiger partial charge on any atom is -0.452 e. The van der Waals surface area contributed by atoms with Crippen molar-refractivity contribution in [3.05, 3.63) is 21.0 Å². The largest absolute Gasteiger partial charge is 0.452 e. The Morgan fingerprint density at radius 1 is 1.53 bits per heavy atom. The van der Waals surface area contributed by atoms with E-state index in [-0.39, 0.29) is 6.10 Å². The molecule has 0 bridgehead atoms. The van der Waals surface area contributed by atoms with Crippen LogP contribution in [0.1, 0.15) is 25.5 Å². The SMILES string of the molecule is CCC(O)CCNCc1cc(Br)c(Br)o1. The van der Waals surface area contributed by atoms with Crippen LogP contribution in [0.15, 0.2) is 19.6 Å². The number of rotatable bonds is 6. The van der Waals surface area contributed by atoms with Crippen LogP contribution < -0.4 is 5.32 Å². The molecule has 0 radical (unpaired) electrons. The van der Waals surface area contributed by atoms with E-state index in [2.05, 4.69) is 37.2 Å². The van der Waals surface area contributed by atoms with Crippen molar-refractivity contribution in [2.75, 3.05) is 6.54 Å². The molecule has 0 aromatic carbocycles. The average molecular weight is 341 g/mol. The molecular formula is C10H15Br2NO2. The second-order valence-corrected chi connectivity index (χ2v) is 4.94. The van der Waals surface area contributed by atoms with Gasteiger partial charge in [0.1, 0.15) is 5.76 Å². The van der Waals surface area contributed by atoms with Crippen molar-refractivity contribution in [3.63, 3.8) is 0 Å². The van der Waals surface area contributed by atoms with E-state index >= 15 is 0 Å². The van der Waals surface area contributed by atoms with Crippen LogP contribution in [0.3, 0.4) is 0 Å². The Labute approximate surface area is 106 Å². The number of hydrogen-bond acceptors (Lipinski definition) is 3. The van der Waals surface area contributed by atoms with Crippen LogP contribution in [-0.2, 0) is 6.54 Å². The molecule has 1 atom stereocenters. The molecule has 0 amide bonds. The normalized spacial score (nSPS) is 13.1. The molecule has 0 aliphatic heterocycles. The predicted octanol–water partition coefficient (Wildman–Crippen LogP) is 3.06. The Kier molecular flexibility index (Phi) is 5.89. The van der Waals surface area contributed by atoms with E-state index in [4.69, 9.17) is 4.42 Å². The molecule has 86 valence electrons. The molecule has 1 heterocycles. The van der Waals surface area contributed by atoms with Gasteiger partial charge < -0.3 is 14.8 Å². The van der Waals surface area contributed by atoms with Crippen LogP contribution in [0.5, 0.6) is 0 Å². The molecule has 5 heteroatoms. The fourth-order valence-corrected chi connectivity index (χ4v) is 1.82. The van der Waals surface area contributed by atoms with Crippen molar-refractivity contribution in [1.29, 1.82) is 0 Å². The quantitative estimate of drug-likeness (QED) is 0.782. The van der Waals surface area contributed by atoms with Gasteiger partial charge in [-0.2, -0.15) is 0 Å². The highest BCUT2D eigenvalue weighted by molar-refractivity contribution is 9.13. The number of furan rings is 1. The lowest BCUT2D eigenvalue weighted by Crippen LogP contribution is -2.19. The molecule has 0 spiro atoms. The molecule has 2 N–H and O–H groups in total. The number of hydrogen-bond donors (Lipinski definition) is 2. The second-order valence-electron chi connectivity index (χ2n) is 3.36. The minimum absolute atomic E-state index is 0.201. The molecule has 1 unspecified atom stereocenters. The first-order chi connectivity index (χ1) is 7.13. The summed E-state index contributed by atoms with van der Waals surface area (Å²) in [6.45, 7) is 3.46. The van der Waals surface area contributed by atoms with E-state index in [1.807, 2.05) is 13.0 Å². The predicted molar refractivity (Wildman–Crippen MR) is 66.7 cm³/mol. The van der Waals surface area contributed by atoms with Crippen LogP contribution in [0.2, 0.25) is 0 Å². The number of nitrogens with one attached hydrogen (secondary N) is 1. The van der Waals surface area contributed by atoms with E-state index in [0.717, 1.165) is 29.6 Å². The molecule has 0 saturated heterocycles. The third-order valence-corrected chi connectivity index (χ3v) is 3.83.